The van der Waals surface area contributed by atoms with Gasteiger partial charge in [-0.15, -0.1) is 0 Å². The van der Waals surface area contributed by atoms with Gasteiger partial charge in [0, 0.05) is 12.5 Å². The van der Waals surface area contributed by atoms with Crippen LogP contribution >= 0.6 is 0 Å². The number of carbonyl (C=O) groups excluding carboxylic acids is 3. The lowest BCUT2D eigenvalue weighted by Gasteiger charge is -2.27. The minimum Gasteiger partial charge on any atom is -0.352 e. The van der Waals surface area contributed by atoms with E-state index in [1.54, 1.807) is 0 Å². The highest BCUT2D eigenvalue weighted by Gasteiger charge is 2.52. The van der Waals surface area contributed by atoms with E-state index in [2.05, 4.69) is 10.6 Å². The van der Waals surface area contributed by atoms with Gasteiger partial charge in [-0.05, 0) is 24.0 Å². The normalized spacial score (nSPS) is 19.9. The summed E-state index contributed by atoms with van der Waals surface area (Å²) in [6, 6.07) is 18.1. The molecular formula is C23H27N3O3. The van der Waals surface area contributed by atoms with Crippen LogP contribution in [0.15, 0.2) is 60.7 Å². The van der Waals surface area contributed by atoms with E-state index in [1.807, 2.05) is 81.4 Å². The summed E-state index contributed by atoms with van der Waals surface area (Å²) in [5, 5.41) is 5.72. The van der Waals surface area contributed by atoms with Crippen molar-refractivity contribution in [3.05, 3.63) is 71.8 Å². The fourth-order valence-corrected chi connectivity index (χ4v) is 3.42. The van der Waals surface area contributed by atoms with Gasteiger partial charge in [-0.25, -0.2) is 4.79 Å². The molecule has 0 aromatic heterocycles. The molecule has 0 spiro atoms. The lowest BCUT2D eigenvalue weighted by molar-refractivity contribution is -0.135. The van der Waals surface area contributed by atoms with Gasteiger partial charge < -0.3 is 10.6 Å². The van der Waals surface area contributed by atoms with Crippen molar-refractivity contribution in [2.45, 2.75) is 38.8 Å². The molecule has 0 aliphatic carbocycles. The zero-order chi connectivity index (χ0) is 21.0. The van der Waals surface area contributed by atoms with E-state index in [4.69, 9.17) is 0 Å². The summed E-state index contributed by atoms with van der Waals surface area (Å²) in [5.74, 6) is -0.508. The first kappa shape index (κ1) is 20.6. The van der Waals surface area contributed by atoms with E-state index in [1.165, 1.54) is 0 Å². The molecule has 29 heavy (non-hydrogen) atoms. The molecule has 2 atom stereocenters. The summed E-state index contributed by atoms with van der Waals surface area (Å²) in [6.45, 7) is 5.60. The maximum atomic E-state index is 13.5. The lowest BCUT2D eigenvalue weighted by Crippen LogP contribution is -2.47. The quantitative estimate of drug-likeness (QED) is 0.710. The van der Waals surface area contributed by atoms with Gasteiger partial charge in [0.15, 0.2) is 5.54 Å². The van der Waals surface area contributed by atoms with Crippen LogP contribution in [-0.4, -0.2) is 35.3 Å². The number of imide groups is 1. The van der Waals surface area contributed by atoms with Gasteiger partial charge in [-0.2, -0.15) is 0 Å². The summed E-state index contributed by atoms with van der Waals surface area (Å²) in [7, 11) is 0. The molecule has 0 radical (unpaired) electrons. The van der Waals surface area contributed by atoms with Crippen LogP contribution < -0.4 is 10.6 Å². The highest BCUT2D eigenvalue weighted by molar-refractivity contribution is 6.09. The van der Waals surface area contributed by atoms with E-state index < -0.39 is 17.5 Å². The van der Waals surface area contributed by atoms with Crippen LogP contribution in [0.5, 0.6) is 0 Å². The van der Waals surface area contributed by atoms with E-state index in [-0.39, 0.29) is 24.4 Å². The number of amides is 4. The average molecular weight is 393 g/mol. The SMILES string of the molecule is CC(C)[C@H](C)NC(=O)CN1C(=O)N[C@@](Cc2ccccc2)(c2ccccc2)C1=O. The highest BCUT2D eigenvalue weighted by atomic mass is 16.2. The summed E-state index contributed by atoms with van der Waals surface area (Å²) in [6.07, 6.45) is 0.308. The number of hydrogen-bond donors (Lipinski definition) is 2. The van der Waals surface area contributed by atoms with Crippen LogP contribution in [0, 0.1) is 5.92 Å². The third-order valence-electron chi connectivity index (χ3n) is 5.44. The maximum Gasteiger partial charge on any atom is 0.325 e. The Morgan fingerprint density at radius 2 is 1.59 bits per heavy atom. The van der Waals surface area contributed by atoms with E-state index in [0.717, 1.165) is 10.5 Å². The first-order valence-corrected chi connectivity index (χ1v) is 9.86. The smallest absolute Gasteiger partial charge is 0.325 e. The number of nitrogens with one attached hydrogen (secondary N) is 2. The molecule has 1 aliphatic rings. The zero-order valence-corrected chi connectivity index (χ0v) is 17.0. The predicted octanol–water partition coefficient (Wildman–Crippen LogP) is 2.84. The molecule has 0 saturated carbocycles. The number of rotatable bonds is 7. The minimum absolute atomic E-state index is 0.0496. The molecule has 2 aromatic carbocycles. The van der Waals surface area contributed by atoms with Crippen LogP contribution in [0.1, 0.15) is 31.9 Å². The zero-order valence-electron chi connectivity index (χ0n) is 17.0. The number of benzene rings is 2. The molecule has 6 heteroatoms. The van der Waals surface area contributed by atoms with Crippen molar-refractivity contribution >= 4 is 17.8 Å². The van der Waals surface area contributed by atoms with Crippen molar-refractivity contribution in [2.75, 3.05) is 6.54 Å². The molecule has 1 fully saturated rings. The second-order valence-corrected chi connectivity index (χ2v) is 7.86. The third kappa shape index (κ3) is 4.31. The Bertz CT molecular complexity index is 883. The van der Waals surface area contributed by atoms with Crippen LogP contribution in [0.4, 0.5) is 4.79 Å². The Hall–Kier alpha value is -3.15. The molecule has 3 rings (SSSR count). The fraction of sp³-hybridized carbons (Fsp3) is 0.348. The summed E-state index contributed by atoms with van der Waals surface area (Å²) < 4.78 is 0. The Labute approximate surface area is 171 Å². The standard InChI is InChI=1S/C23H27N3O3/c1-16(2)17(3)24-20(27)15-26-21(28)23(25-22(26)29,19-12-8-5-9-13-19)14-18-10-6-4-7-11-18/h4-13,16-17H,14-15H2,1-3H3,(H,24,27)(H,25,29)/t17-,23-/m0/s1. The number of nitrogens with zero attached hydrogens (tertiary/aromatic N) is 1. The second kappa shape index (κ2) is 8.47. The molecule has 0 unspecified atom stereocenters. The fourth-order valence-electron chi connectivity index (χ4n) is 3.42. The van der Waals surface area contributed by atoms with Gasteiger partial charge in [0.2, 0.25) is 5.91 Å². The highest BCUT2D eigenvalue weighted by Crippen LogP contribution is 2.32. The van der Waals surface area contributed by atoms with E-state index >= 15 is 0 Å². The maximum absolute atomic E-state index is 13.5. The largest absolute Gasteiger partial charge is 0.352 e. The third-order valence-corrected chi connectivity index (χ3v) is 5.44. The molecule has 0 bridgehead atoms. The molecule has 2 N–H and O–H groups in total. The lowest BCUT2D eigenvalue weighted by atomic mass is 9.83. The monoisotopic (exact) mass is 393 g/mol. The average Bonchev–Trinajstić information content (AvgIpc) is 2.94. The second-order valence-electron chi connectivity index (χ2n) is 7.86. The van der Waals surface area contributed by atoms with Gasteiger partial charge in [0.1, 0.15) is 6.54 Å². The van der Waals surface area contributed by atoms with Gasteiger partial charge in [-0.3, -0.25) is 14.5 Å². The van der Waals surface area contributed by atoms with Crippen molar-refractivity contribution in [1.29, 1.82) is 0 Å². The molecule has 2 aromatic rings. The minimum atomic E-state index is -1.23. The first-order valence-electron chi connectivity index (χ1n) is 9.86. The molecule has 4 amide bonds. The summed E-state index contributed by atoms with van der Waals surface area (Å²) in [5.41, 5.74) is 0.384. The van der Waals surface area contributed by atoms with Crippen molar-refractivity contribution < 1.29 is 14.4 Å². The van der Waals surface area contributed by atoms with Crippen molar-refractivity contribution in [1.82, 2.24) is 15.5 Å². The molecule has 1 heterocycles. The molecular weight excluding hydrogens is 366 g/mol. The van der Waals surface area contributed by atoms with Crippen molar-refractivity contribution in [3.63, 3.8) is 0 Å². The van der Waals surface area contributed by atoms with Gasteiger partial charge in [0.05, 0.1) is 0 Å². The predicted molar refractivity (Wildman–Crippen MR) is 111 cm³/mol. The van der Waals surface area contributed by atoms with Crippen LogP contribution in [0.3, 0.4) is 0 Å². The Morgan fingerprint density at radius 1 is 1.00 bits per heavy atom. The van der Waals surface area contributed by atoms with Crippen LogP contribution in [0.2, 0.25) is 0 Å². The Balaban J connectivity index is 1.89. The van der Waals surface area contributed by atoms with Gasteiger partial charge in [0.25, 0.3) is 5.91 Å². The van der Waals surface area contributed by atoms with Crippen LogP contribution in [0.25, 0.3) is 0 Å². The summed E-state index contributed by atoms with van der Waals surface area (Å²) in [4.78, 5) is 39.6. The number of carbonyl (C=O) groups is 3. The van der Waals surface area contributed by atoms with Gasteiger partial charge in [-0.1, -0.05) is 74.5 Å². The molecule has 6 nitrogen and oxygen atoms in total. The topological polar surface area (TPSA) is 78.5 Å². The number of hydrogen-bond acceptors (Lipinski definition) is 3. The first-order chi connectivity index (χ1) is 13.8. The molecule has 1 saturated heterocycles. The molecule has 152 valence electrons. The van der Waals surface area contributed by atoms with Crippen LogP contribution in [-0.2, 0) is 21.5 Å². The van der Waals surface area contributed by atoms with E-state index in [9.17, 15) is 14.4 Å². The Kier molecular flexibility index (Phi) is 6.01. The van der Waals surface area contributed by atoms with E-state index in [0.29, 0.717) is 12.0 Å². The van der Waals surface area contributed by atoms with Crippen molar-refractivity contribution in [3.8, 4) is 0 Å². The summed E-state index contributed by atoms with van der Waals surface area (Å²) >= 11 is 0. The van der Waals surface area contributed by atoms with Crippen molar-refractivity contribution in [2.24, 2.45) is 5.92 Å². The Morgan fingerprint density at radius 3 is 2.17 bits per heavy atom. The molecule has 1 aliphatic heterocycles. The van der Waals surface area contributed by atoms with Gasteiger partial charge >= 0.3 is 6.03 Å². The number of urea groups is 1.